The van der Waals surface area contributed by atoms with Crippen molar-refractivity contribution in [2.75, 3.05) is 16.8 Å². The number of hydrogen-bond donors (Lipinski definition) is 1. The second-order valence-corrected chi connectivity index (χ2v) is 6.37. The molecule has 0 atom stereocenters. The highest BCUT2D eigenvalue weighted by Gasteiger charge is 2.31. The molecule has 1 fully saturated rings. The molecular formula is C16H22N4S. The molecule has 112 valence electrons. The third kappa shape index (κ3) is 3.18. The van der Waals surface area contributed by atoms with Gasteiger partial charge >= 0.3 is 0 Å². The van der Waals surface area contributed by atoms with Crippen LogP contribution in [0.4, 0.5) is 11.6 Å². The molecule has 21 heavy (non-hydrogen) atoms. The number of rotatable bonds is 6. The van der Waals surface area contributed by atoms with E-state index in [4.69, 9.17) is 4.98 Å². The fourth-order valence-corrected chi connectivity index (χ4v) is 3.24. The van der Waals surface area contributed by atoms with Crippen LogP contribution < -0.4 is 10.2 Å². The average Bonchev–Trinajstić information content (AvgIpc) is 3.17. The Labute approximate surface area is 130 Å². The van der Waals surface area contributed by atoms with E-state index in [0.29, 0.717) is 6.04 Å². The predicted octanol–water partition coefficient (Wildman–Crippen LogP) is 3.76. The summed E-state index contributed by atoms with van der Waals surface area (Å²) < 4.78 is 0. The van der Waals surface area contributed by atoms with Crippen molar-refractivity contribution in [3.8, 4) is 0 Å². The summed E-state index contributed by atoms with van der Waals surface area (Å²) >= 11 is 1.76. The Balaban J connectivity index is 1.95. The molecule has 1 aliphatic carbocycles. The lowest BCUT2D eigenvalue weighted by Gasteiger charge is -2.26. The number of thiophene rings is 1. The van der Waals surface area contributed by atoms with Crippen LogP contribution in [-0.4, -0.2) is 22.6 Å². The maximum atomic E-state index is 4.74. The zero-order valence-electron chi connectivity index (χ0n) is 12.9. The van der Waals surface area contributed by atoms with Crippen LogP contribution in [0, 0.1) is 13.8 Å². The molecule has 2 heterocycles. The minimum atomic E-state index is 0.632. The molecule has 2 aromatic rings. The minimum Gasteiger partial charge on any atom is -0.370 e. The summed E-state index contributed by atoms with van der Waals surface area (Å²) in [5, 5.41) is 7.72. The lowest BCUT2D eigenvalue weighted by molar-refractivity contribution is 0.767. The van der Waals surface area contributed by atoms with Crippen LogP contribution in [0.1, 0.15) is 36.7 Å². The van der Waals surface area contributed by atoms with Crippen molar-refractivity contribution in [1.29, 1.82) is 0 Å². The summed E-state index contributed by atoms with van der Waals surface area (Å²) in [5.41, 5.74) is 2.53. The highest BCUT2D eigenvalue weighted by atomic mass is 32.1. The zero-order valence-corrected chi connectivity index (χ0v) is 13.7. The Morgan fingerprint density at radius 1 is 1.33 bits per heavy atom. The SMILES string of the molecule is CCNc1nc(C)nc(N(Cc2ccsc2)C2CC2)c1C. The molecule has 2 aromatic heterocycles. The average molecular weight is 302 g/mol. The van der Waals surface area contributed by atoms with Gasteiger partial charge in [0.15, 0.2) is 0 Å². The minimum absolute atomic E-state index is 0.632. The van der Waals surface area contributed by atoms with Crippen LogP contribution in [0.5, 0.6) is 0 Å². The zero-order chi connectivity index (χ0) is 14.8. The van der Waals surface area contributed by atoms with Gasteiger partial charge in [-0.1, -0.05) is 0 Å². The summed E-state index contributed by atoms with van der Waals surface area (Å²) in [7, 11) is 0. The first-order chi connectivity index (χ1) is 10.2. The molecule has 0 saturated heterocycles. The molecule has 1 aliphatic rings. The summed E-state index contributed by atoms with van der Waals surface area (Å²) in [6, 6.07) is 2.83. The monoisotopic (exact) mass is 302 g/mol. The smallest absolute Gasteiger partial charge is 0.137 e. The standard InChI is InChI=1S/C16H22N4S/c1-4-17-15-11(2)16(19-12(3)18-15)20(14-5-6-14)9-13-7-8-21-10-13/h7-8,10,14H,4-6,9H2,1-3H3,(H,17,18,19). The van der Waals surface area contributed by atoms with E-state index in [2.05, 4.69) is 45.9 Å². The topological polar surface area (TPSA) is 41.1 Å². The molecule has 5 heteroatoms. The Bertz CT molecular complexity index is 605. The Kier molecular flexibility index (Phi) is 4.10. The fourth-order valence-electron chi connectivity index (χ4n) is 2.58. The third-order valence-electron chi connectivity index (χ3n) is 3.77. The first-order valence-electron chi connectivity index (χ1n) is 7.56. The lowest BCUT2D eigenvalue weighted by atomic mass is 10.2. The fraction of sp³-hybridized carbons (Fsp3) is 0.500. The summed E-state index contributed by atoms with van der Waals surface area (Å²) in [6.45, 7) is 8.01. The van der Waals surface area contributed by atoms with Gasteiger partial charge in [0.25, 0.3) is 0 Å². The van der Waals surface area contributed by atoms with Gasteiger partial charge in [-0.15, -0.1) is 0 Å². The lowest BCUT2D eigenvalue weighted by Crippen LogP contribution is -2.27. The van der Waals surface area contributed by atoms with E-state index in [1.807, 2.05) is 6.92 Å². The van der Waals surface area contributed by atoms with Gasteiger partial charge in [0.1, 0.15) is 17.5 Å². The van der Waals surface area contributed by atoms with Gasteiger partial charge in [-0.2, -0.15) is 11.3 Å². The van der Waals surface area contributed by atoms with Gasteiger partial charge in [0.2, 0.25) is 0 Å². The Morgan fingerprint density at radius 3 is 2.76 bits per heavy atom. The molecule has 0 radical (unpaired) electrons. The molecule has 0 bridgehead atoms. The van der Waals surface area contributed by atoms with Gasteiger partial charge < -0.3 is 10.2 Å². The molecule has 0 unspecified atom stereocenters. The van der Waals surface area contributed by atoms with Crippen molar-refractivity contribution in [2.24, 2.45) is 0 Å². The largest absolute Gasteiger partial charge is 0.370 e. The predicted molar refractivity (Wildman–Crippen MR) is 89.2 cm³/mol. The highest BCUT2D eigenvalue weighted by Crippen LogP contribution is 2.35. The van der Waals surface area contributed by atoms with E-state index >= 15 is 0 Å². The van der Waals surface area contributed by atoms with E-state index in [9.17, 15) is 0 Å². The second kappa shape index (κ2) is 6.02. The van der Waals surface area contributed by atoms with Crippen LogP contribution >= 0.6 is 11.3 Å². The maximum absolute atomic E-state index is 4.74. The number of aromatic nitrogens is 2. The number of nitrogens with zero attached hydrogens (tertiary/aromatic N) is 3. The van der Waals surface area contributed by atoms with E-state index in [-0.39, 0.29) is 0 Å². The van der Waals surface area contributed by atoms with Gasteiger partial charge in [-0.05, 0) is 56.0 Å². The highest BCUT2D eigenvalue weighted by molar-refractivity contribution is 7.07. The van der Waals surface area contributed by atoms with Crippen molar-refractivity contribution < 1.29 is 0 Å². The maximum Gasteiger partial charge on any atom is 0.137 e. The van der Waals surface area contributed by atoms with E-state index < -0.39 is 0 Å². The summed E-state index contributed by atoms with van der Waals surface area (Å²) in [6.07, 6.45) is 2.53. The summed E-state index contributed by atoms with van der Waals surface area (Å²) in [5.74, 6) is 2.89. The van der Waals surface area contributed by atoms with E-state index in [1.54, 1.807) is 11.3 Å². The quantitative estimate of drug-likeness (QED) is 0.882. The molecule has 0 amide bonds. The summed E-state index contributed by atoms with van der Waals surface area (Å²) in [4.78, 5) is 11.7. The normalized spacial score (nSPS) is 14.2. The van der Waals surface area contributed by atoms with Crippen LogP contribution in [0.2, 0.25) is 0 Å². The number of anilines is 2. The molecule has 0 aromatic carbocycles. The second-order valence-electron chi connectivity index (χ2n) is 5.59. The Hall–Kier alpha value is -1.62. The van der Waals surface area contributed by atoms with Crippen LogP contribution in [0.15, 0.2) is 16.8 Å². The third-order valence-corrected chi connectivity index (χ3v) is 4.50. The van der Waals surface area contributed by atoms with Crippen molar-refractivity contribution >= 4 is 23.0 Å². The van der Waals surface area contributed by atoms with Gasteiger partial charge in [-0.25, -0.2) is 9.97 Å². The van der Waals surface area contributed by atoms with Gasteiger partial charge in [0.05, 0.1) is 0 Å². The number of nitrogens with one attached hydrogen (secondary N) is 1. The molecule has 1 N–H and O–H groups in total. The molecule has 0 spiro atoms. The van der Waals surface area contributed by atoms with Crippen LogP contribution in [0.25, 0.3) is 0 Å². The van der Waals surface area contributed by atoms with E-state index in [0.717, 1.165) is 36.1 Å². The number of hydrogen-bond acceptors (Lipinski definition) is 5. The van der Waals surface area contributed by atoms with Crippen LogP contribution in [-0.2, 0) is 6.54 Å². The van der Waals surface area contributed by atoms with Gasteiger partial charge in [0, 0.05) is 24.7 Å². The van der Waals surface area contributed by atoms with E-state index in [1.165, 1.54) is 18.4 Å². The first kappa shape index (κ1) is 14.3. The van der Waals surface area contributed by atoms with Gasteiger partial charge in [-0.3, -0.25) is 0 Å². The molecule has 1 saturated carbocycles. The van der Waals surface area contributed by atoms with Crippen molar-refractivity contribution in [3.05, 3.63) is 33.8 Å². The number of aryl methyl sites for hydroxylation is 1. The van der Waals surface area contributed by atoms with Crippen molar-refractivity contribution in [2.45, 2.75) is 46.2 Å². The molecule has 3 rings (SSSR count). The van der Waals surface area contributed by atoms with Crippen molar-refractivity contribution in [3.63, 3.8) is 0 Å². The Morgan fingerprint density at radius 2 is 2.14 bits per heavy atom. The van der Waals surface area contributed by atoms with Crippen molar-refractivity contribution in [1.82, 2.24) is 9.97 Å². The molecule has 4 nitrogen and oxygen atoms in total. The van der Waals surface area contributed by atoms with Crippen LogP contribution in [0.3, 0.4) is 0 Å². The molecular weight excluding hydrogens is 280 g/mol. The molecule has 0 aliphatic heterocycles. The first-order valence-corrected chi connectivity index (χ1v) is 8.50.